The van der Waals surface area contributed by atoms with E-state index in [-0.39, 0.29) is 19.0 Å². The molecule has 3 heterocycles. The summed E-state index contributed by atoms with van der Waals surface area (Å²) < 4.78 is 5.14. The third kappa shape index (κ3) is 4.26. The average molecular weight is 380 g/mol. The van der Waals surface area contributed by atoms with Crippen LogP contribution in [0.15, 0.2) is 53.3 Å². The molecule has 2 aromatic heterocycles. The highest BCUT2D eigenvalue weighted by Crippen LogP contribution is 2.32. The van der Waals surface area contributed by atoms with Crippen LogP contribution in [0.4, 0.5) is 4.79 Å². The van der Waals surface area contributed by atoms with E-state index >= 15 is 0 Å². The number of fused-ring (bicyclic) bond motifs is 1. The van der Waals surface area contributed by atoms with Gasteiger partial charge in [0.15, 0.2) is 0 Å². The van der Waals surface area contributed by atoms with E-state index in [0.29, 0.717) is 11.7 Å². The van der Waals surface area contributed by atoms with Gasteiger partial charge in [0.25, 0.3) is 0 Å². The van der Waals surface area contributed by atoms with Crippen LogP contribution in [0.1, 0.15) is 30.1 Å². The standard InChI is InChI=1S/C21H24N4O3/c26-20(24-21(27)23-12-16-4-3-11-28-16)14-25-9-7-15(8-10-25)18-13-22-19-6-2-1-5-17(18)19/h1-6,11,13,15,22H,7-10,12,14H2,(H2,23,24,26,27). The number of nitrogens with one attached hydrogen (secondary N) is 3. The minimum absolute atomic E-state index is 0.231. The summed E-state index contributed by atoms with van der Waals surface area (Å²) in [5, 5.41) is 6.27. The van der Waals surface area contributed by atoms with Crippen LogP contribution in [0.25, 0.3) is 10.9 Å². The number of para-hydroxylation sites is 1. The maximum absolute atomic E-state index is 12.1. The van der Waals surface area contributed by atoms with Crippen molar-refractivity contribution in [2.75, 3.05) is 19.6 Å². The molecule has 1 aliphatic heterocycles. The van der Waals surface area contributed by atoms with Crippen molar-refractivity contribution >= 4 is 22.8 Å². The molecular formula is C21H24N4O3. The summed E-state index contributed by atoms with van der Waals surface area (Å²) in [4.78, 5) is 29.4. The first kappa shape index (κ1) is 18.3. The number of hydrogen-bond acceptors (Lipinski definition) is 4. The molecule has 0 radical (unpaired) electrons. The zero-order chi connectivity index (χ0) is 19.3. The number of piperidine rings is 1. The van der Waals surface area contributed by atoms with Gasteiger partial charge >= 0.3 is 6.03 Å². The molecular weight excluding hydrogens is 356 g/mol. The number of H-pyrrole nitrogens is 1. The van der Waals surface area contributed by atoms with Gasteiger partial charge in [-0.3, -0.25) is 15.0 Å². The van der Waals surface area contributed by atoms with Crippen molar-refractivity contribution < 1.29 is 14.0 Å². The highest BCUT2D eigenvalue weighted by molar-refractivity contribution is 5.95. The molecule has 0 spiro atoms. The Morgan fingerprint density at radius 1 is 1.14 bits per heavy atom. The average Bonchev–Trinajstić information content (AvgIpc) is 3.37. The van der Waals surface area contributed by atoms with E-state index in [1.54, 1.807) is 18.4 Å². The first-order valence-corrected chi connectivity index (χ1v) is 9.57. The van der Waals surface area contributed by atoms with Gasteiger partial charge in [-0.25, -0.2) is 4.79 Å². The first-order chi connectivity index (χ1) is 13.7. The molecule has 1 saturated heterocycles. The van der Waals surface area contributed by atoms with Crippen LogP contribution in [0.2, 0.25) is 0 Å². The van der Waals surface area contributed by atoms with Gasteiger partial charge in [0.1, 0.15) is 5.76 Å². The molecule has 146 valence electrons. The number of hydrogen-bond donors (Lipinski definition) is 3. The highest BCUT2D eigenvalue weighted by atomic mass is 16.3. The predicted octanol–water partition coefficient (Wildman–Crippen LogP) is 2.97. The van der Waals surface area contributed by atoms with Crippen molar-refractivity contribution in [2.24, 2.45) is 0 Å². The van der Waals surface area contributed by atoms with Crippen LogP contribution in [0, 0.1) is 0 Å². The second-order valence-corrected chi connectivity index (χ2v) is 7.15. The molecule has 7 heteroatoms. The molecule has 1 aliphatic rings. The third-order valence-electron chi connectivity index (χ3n) is 5.27. The van der Waals surface area contributed by atoms with Crippen LogP contribution in [0.5, 0.6) is 0 Å². The van der Waals surface area contributed by atoms with E-state index in [1.807, 2.05) is 6.07 Å². The minimum Gasteiger partial charge on any atom is -0.467 e. The zero-order valence-electron chi connectivity index (χ0n) is 15.6. The number of amides is 3. The van der Waals surface area contributed by atoms with Crippen molar-refractivity contribution in [3.05, 3.63) is 60.2 Å². The molecule has 0 atom stereocenters. The van der Waals surface area contributed by atoms with Gasteiger partial charge in [0.05, 0.1) is 19.4 Å². The number of urea groups is 1. The van der Waals surface area contributed by atoms with Crippen molar-refractivity contribution in [1.82, 2.24) is 20.5 Å². The number of furan rings is 1. The molecule has 0 unspecified atom stereocenters. The van der Waals surface area contributed by atoms with Gasteiger partial charge in [-0.1, -0.05) is 18.2 Å². The fourth-order valence-electron chi connectivity index (χ4n) is 3.83. The Hall–Kier alpha value is -3.06. The van der Waals surface area contributed by atoms with Crippen LogP contribution < -0.4 is 10.6 Å². The lowest BCUT2D eigenvalue weighted by molar-refractivity contribution is -0.121. The molecule has 7 nitrogen and oxygen atoms in total. The lowest BCUT2D eigenvalue weighted by atomic mass is 9.89. The second kappa shape index (κ2) is 8.31. The monoisotopic (exact) mass is 380 g/mol. The van der Waals surface area contributed by atoms with E-state index in [0.717, 1.165) is 25.9 Å². The van der Waals surface area contributed by atoms with E-state index in [2.05, 4.69) is 44.9 Å². The van der Waals surface area contributed by atoms with Crippen molar-refractivity contribution in [3.63, 3.8) is 0 Å². The number of nitrogens with zero attached hydrogens (tertiary/aromatic N) is 1. The number of carbonyl (C=O) groups is 2. The highest BCUT2D eigenvalue weighted by Gasteiger charge is 2.24. The molecule has 4 rings (SSSR count). The lowest BCUT2D eigenvalue weighted by Crippen LogP contribution is -2.45. The molecule has 1 aromatic carbocycles. The topological polar surface area (TPSA) is 90.4 Å². The van der Waals surface area contributed by atoms with Crippen molar-refractivity contribution in [2.45, 2.75) is 25.3 Å². The smallest absolute Gasteiger partial charge is 0.321 e. The fourth-order valence-corrected chi connectivity index (χ4v) is 3.83. The molecule has 0 aliphatic carbocycles. The minimum atomic E-state index is -0.505. The van der Waals surface area contributed by atoms with Crippen LogP contribution in [-0.4, -0.2) is 41.5 Å². The van der Waals surface area contributed by atoms with Crippen molar-refractivity contribution in [1.29, 1.82) is 0 Å². The second-order valence-electron chi connectivity index (χ2n) is 7.15. The zero-order valence-corrected chi connectivity index (χ0v) is 15.6. The molecule has 28 heavy (non-hydrogen) atoms. The largest absolute Gasteiger partial charge is 0.467 e. The lowest BCUT2D eigenvalue weighted by Gasteiger charge is -2.31. The molecule has 3 aromatic rings. The summed E-state index contributed by atoms with van der Waals surface area (Å²) in [7, 11) is 0. The maximum Gasteiger partial charge on any atom is 0.321 e. The number of imide groups is 1. The third-order valence-corrected chi connectivity index (χ3v) is 5.27. The Morgan fingerprint density at radius 2 is 1.96 bits per heavy atom. The summed E-state index contributed by atoms with van der Waals surface area (Å²) in [6.45, 7) is 2.16. The first-order valence-electron chi connectivity index (χ1n) is 9.57. The summed E-state index contributed by atoms with van der Waals surface area (Å²) in [5.74, 6) is 0.844. The van der Waals surface area contributed by atoms with Gasteiger partial charge in [-0.15, -0.1) is 0 Å². The Kier molecular flexibility index (Phi) is 5.43. The van der Waals surface area contributed by atoms with E-state index in [1.165, 1.54) is 16.5 Å². The molecule has 3 N–H and O–H groups in total. The van der Waals surface area contributed by atoms with E-state index in [9.17, 15) is 9.59 Å². The van der Waals surface area contributed by atoms with Crippen LogP contribution in [0.3, 0.4) is 0 Å². The van der Waals surface area contributed by atoms with Gasteiger partial charge in [-0.05, 0) is 55.6 Å². The summed E-state index contributed by atoms with van der Waals surface area (Å²) in [6, 6.07) is 11.4. The molecule has 3 amide bonds. The SMILES string of the molecule is O=C(CN1CCC(c2c[nH]c3ccccc23)CC1)NC(=O)NCc1ccco1. The van der Waals surface area contributed by atoms with Gasteiger partial charge in [0.2, 0.25) is 5.91 Å². The van der Waals surface area contributed by atoms with Crippen LogP contribution >= 0.6 is 0 Å². The van der Waals surface area contributed by atoms with E-state index in [4.69, 9.17) is 4.42 Å². The van der Waals surface area contributed by atoms with Gasteiger partial charge in [0, 0.05) is 17.1 Å². The number of likely N-dealkylation sites (tertiary alicyclic amines) is 1. The quantitative estimate of drug-likeness (QED) is 0.635. The Bertz CT molecular complexity index is 940. The number of rotatable bonds is 5. The van der Waals surface area contributed by atoms with Gasteiger partial charge < -0.3 is 14.7 Å². The summed E-state index contributed by atoms with van der Waals surface area (Å²) in [5.41, 5.74) is 2.52. The normalized spacial score (nSPS) is 15.6. The fraction of sp³-hybridized carbons (Fsp3) is 0.333. The summed E-state index contributed by atoms with van der Waals surface area (Å²) in [6.07, 6.45) is 5.65. The Labute approximate surface area is 163 Å². The maximum atomic E-state index is 12.1. The predicted molar refractivity (Wildman–Crippen MR) is 106 cm³/mol. The molecule has 0 saturated carbocycles. The number of benzene rings is 1. The molecule has 0 bridgehead atoms. The van der Waals surface area contributed by atoms with Crippen LogP contribution in [-0.2, 0) is 11.3 Å². The summed E-state index contributed by atoms with van der Waals surface area (Å²) >= 11 is 0. The Balaban J connectivity index is 1.23. The number of aromatic nitrogens is 1. The number of aromatic amines is 1. The number of carbonyl (C=O) groups excluding carboxylic acids is 2. The van der Waals surface area contributed by atoms with Crippen molar-refractivity contribution in [3.8, 4) is 0 Å². The van der Waals surface area contributed by atoms with Gasteiger partial charge in [-0.2, -0.15) is 0 Å². The molecule has 1 fully saturated rings. The van der Waals surface area contributed by atoms with E-state index < -0.39 is 6.03 Å². The Morgan fingerprint density at radius 3 is 2.75 bits per heavy atom.